The molecule has 0 atom stereocenters. The van der Waals surface area contributed by atoms with Crippen molar-refractivity contribution in [2.45, 2.75) is 32.7 Å². The van der Waals surface area contributed by atoms with Gasteiger partial charge in [0.25, 0.3) is 0 Å². The van der Waals surface area contributed by atoms with Gasteiger partial charge >= 0.3 is 0 Å². The Morgan fingerprint density at radius 3 is 2.73 bits per heavy atom. The highest BCUT2D eigenvalue weighted by Gasteiger charge is 2.10. The van der Waals surface area contributed by atoms with Crippen molar-refractivity contribution >= 4 is 22.6 Å². The zero-order chi connectivity index (χ0) is 11.3. The summed E-state index contributed by atoms with van der Waals surface area (Å²) in [7, 11) is 0. The Morgan fingerprint density at radius 1 is 1.47 bits per heavy atom. The van der Waals surface area contributed by atoms with Crippen molar-refractivity contribution in [2.75, 3.05) is 11.9 Å². The van der Waals surface area contributed by atoms with E-state index in [1.165, 1.54) is 0 Å². The lowest BCUT2D eigenvalue weighted by Gasteiger charge is -2.19. The second-order valence-electron chi connectivity index (χ2n) is 4.14. The molecule has 0 aliphatic heterocycles. The monoisotopic (exact) mass is 229 g/mol. The minimum Gasteiger partial charge on any atom is -0.312 e. The second-order valence-corrected chi connectivity index (χ2v) is 4.88. The first-order valence-electron chi connectivity index (χ1n) is 4.67. The minimum absolute atomic E-state index is 0.0323. The lowest BCUT2D eigenvalue weighted by molar-refractivity contribution is -0.116. The molecule has 0 bridgehead atoms. The van der Waals surface area contributed by atoms with E-state index in [0.717, 1.165) is 11.5 Å². The zero-order valence-corrected chi connectivity index (χ0v) is 9.89. The number of amides is 1. The number of aromatic nitrogens is 3. The number of anilines is 1. The van der Waals surface area contributed by atoms with Crippen LogP contribution in [-0.2, 0) is 4.79 Å². The zero-order valence-electron chi connectivity index (χ0n) is 9.07. The van der Waals surface area contributed by atoms with E-state index in [1.807, 2.05) is 0 Å². The summed E-state index contributed by atoms with van der Waals surface area (Å²) in [5, 5.41) is 13.3. The maximum absolute atomic E-state index is 11.4. The molecule has 2 N–H and O–H groups in total. The smallest absolute Gasteiger partial charge is 0.231 e. The Kier molecular flexibility index (Phi) is 4.10. The van der Waals surface area contributed by atoms with E-state index >= 15 is 0 Å². The first-order chi connectivity index (χ1) is 6.97. The molecule has 6 nitrogen and oxygen atoms in total. The molecule has 0 aromatic carbocycles. The van der Waals surface area contributed by atoms with Gasteiger partial charge in [-0.2, -0.15) is 0 Å². The average Bonchev–Trinajstić information content (AvgIpc) is 2.54. The van der Waals surface area contributed by atoms with Crippen LogP contribution in [0.25, 0.3) is 0 Å². The molecule has 1 aromatic heterocycles. The highest BCUT2D eigenvalue weighted by molar-refractivity contribution is 7.09. The molecule has 1 heterocycles. The van der Waals surface area contributed by atoms with E-state index in [1.54, 1.807) is 0 Å². The van der Waals surface area contributed by atoms with Crippen LogP contribution in [0, 0.1) is 0 Å². The van der Waals surface area contributed by atoms with Crippen molar-refractivity contribution in [1.29, 1.82) is 0 Å². The van der Waals surface area contributed by atoms with Gasteiger partial charge in [0.15, 0.2) is 0 Å². The van der Waals surface area contributed by atoms with Crippen LogP contribution in [0.15, 0.2) is 0 Å². The molecule has 0 aliphatic carbocycles. The van der Waals surface area contributed by atoms with Crippen molar-refractivity contribution in [3.63, 3.8) is 0 Å². The van der Waals surface area contributed by atoms with Gasteiger partial charge in [0, 0.05) is 30.0 Å². The van der Waals surface area contributed by atoms with Crippen molar-refractivity contribution in [2.24, 2.45) is 0 Å². The molecule has 0 fully saturated rings. The van der Waals surface area contributed by atoms with E-state index in [4.69, 9.17) is 0 Å². The SMILES string of the molecule is CC(C)(C)NCCC(=O)Nc1nnns1. The first kappa shape index (κ1) is 12.0. The van der Waals surface area contributed by atoms with E-state index in [2.05, 4.69) is 46.2 Å². The first-order valence-corrected chi connectivity index (χ1v) is 5.44. The number of nitrogens with one attached hydrogen (secondary N) is 2. The molecular formula is C8H15N5OS. The standard InChI is InChI=1S/C8H15N5OS/c1-8(2,3)9-5-4-6(14)10-7-11-12-13-15-7/h9H,4-5H2,1-3H3,(H,10,11,13,14). The predicted octanol–water partition coefficient (Wildman–Crippen LogP) is 0.650. The number of carbonyl (C=O) groups is 1. The molecule has 0 saturated heterocycles. The molecule has 0 radical (unpaired) electrons. The molecule has 0 saturated carbocycles. The number of hydrogen-bond acceptors (Lipinski definition) is 6. The molecule has 1 aromatic rings. The van der Waals surface area contributed by atoms with Crippen LogP contribution in [0.5, 0.6) is 0 Å². The predicted molar refractivity (Wildman–Crippen MR) is 58.7 cm³/mol. The normalized spacial score (nSPS) is 11.4. The average molecular weight is 229 g/mol. The molecule has 1 amide bonds. The largest absolute Gasteiger partial charge is 0.312 e. The fourth-order valence-electron chi connectivity index (χ4n) is 0.915. The maximum Gasteiger partial charge on any atom is 0.231 e. The van der Waals surface area contributed by atoms with Crippen LogP contribution in [-0.4, -0.2) is 32.8 Å². The Bertz CT molecular complexity index is 305. The summed E-state index contributed by atoms with van der Waals surface area (Å²) in [5.41, 5.74) is 0.0323. The summed E-state index contributed by atoms with van der Waals surface area (Å²) >= 11 is 1.07. The maximum atomic E-state index is 11.4. The van der Waals surface area contributed by atoms with Gasteiger partial charge in [-0.3, -0.25) is 10.1 Å². The summed E-state index contributed by atoms with van der Waals surface area (Å²) < 4.78 is 3.54. The number of rotatable bonds is 4. The highest BCUT2D eigenvalue weighted by Crippen LogP contribution is 2.05. The van der Waals surface area contributed by atoms with Crippen LogP contribution in [0.3, 0.4) is 0 Å². The van der Waals surface area contributed by atoms with Crippen LogP contribution in [0.4, 0.5) is 5.13 Å². The Labute approximate surface area is 92.6 Å². The second kappa shape index (κ2) is 5.13. The molecule has 1 rings (SSSR count). The molecule has 0 spiro atoms. The fourth-order valence-corrected chi connectivity index (χ4v) is 1.30. The Hall–Kier alpha value is -1.08. The van der Waals surface area contributed by atoms with Crippen molar-refractivity contribution in [1.82, 2.24) is 20.1 Å². The lowest BCUT2D eigenvalue weighted by atomic mass is 10.1. The van der Waals surface area contributed by atoms with E-state index in [9.17, 15) is 4.79 Å². The molecule has 0 unspecified atom stereocenters. The third kappa shape index (κ3) is 5.38. The molecule has 84 valence electrons. The minimum atomic E-state index is -0.0784. The summed E-state index contributed by atoms with van der Waals surface area (Å²) in [5.74, 6) is -0.0784. The van der Waals surface area contributed by atoms with Gasteiger partial charge in [-0.15, -0.1) is 0 Å². The van der Waals surface area contributed by atoms with Gasteiger partial charge in [0.1, 0.15) is 0 Å². The summed E-state index contributed by atoms with van der Waals surface area (Å²) in [6.45, 7) is 6.81. The van der Waals surface area contributed by atoms with Crippen molar-refractivity contribution < 1.29 is 4.79 Å². The van der Waals surface area contributed by atoms with Gasteiger partial charge in [0.2, 0.25) is 11.0 Å². The van der Waals surface area contributed by atoms with Crippen LogP contribution in [0.1, 0.15) is 27.2 Å². The third-order valence-corrected chi connectivity index (χ3v) is 2.06. The number of nitrogens with zero attached hydrogens (tertiary/aromatic N) is 3. The van der Waals surface area contributed by atoms with Gasteiger partial charge in [-0.1, -0.05) is 9.59 Å². The van der Waals surface area contributed by atoms with E-state index in [-0.39, 0.29) is 11.4 Å². The quantitative estimate of drug-likeness (QED) is 0.792. The third-order valence-electron chi connectivity index (χ3n) is 1.55. The number of hydrogen-bond donors (Lipinski definition) is 2. The topological polar surface area (TPSA) is 79.8 Å². The summed E-state index contributed by atoms with van der Waals surface area (Å²) in [4.78, 5) is 11.4. The van der Waals surface area contributed by atoms with E-state index < -0.39 is 0 Å². The summed E-state index contributed by atoms with van der Waals surface area (Å²) in [6, 6.07) is 0. The van der Waals surface area contributed by atoms with Crippen LogP contribution >= 0.6 is 11.5 Å². The van der Waals surface area contributed by atoms with Gasteiger partial charge in [0.05, 0.1) is 0 Å². The van der Waals surface area contributed by atoms with Gasteiger partial charge in [-0.05, 0) is 26.0 Å². The molecule has 15 heavy (non-hydrogen) atoms. The molecule has 7 heteroatoms. The van der Waals surface area contributed by atoms with Gasteiger partial charge in [-0.25, -0.2) is 0 Å². The van der Waals surface area contributed by atoms with Crippen LogP contribution < -0.4 is 10.6 Å². The fraction of sp³-hybridized carbons (Fsp3) is 0.750. The Morgan fingerprint density at radius 2 is 2.20 bits per heavy atom. The summed E-state index contributed by atoms with van der Waals surface area (Å²) in [6.07, 6.45) is 0.414. The number of carbonyl (C=O) groups excluding carboxylic acids is 1. The van der Waals surface area contributed by atoms with Crippen LogP contribution in [0.2, 0.25) is 0 Å². The van der Waals surface area contributed by atoms with E-state index in [0.29, 0.717) is 18.1 Å². The highest BCUT2D eigenvalue weighted by atomic mass is 32.1. The van der Waals surface area contributed by atoms with Gasteiger partial charge < -0.3 is 5.32 Å². The molecule has 0 aliphatic rings. The van der Waals surface area contributed by atoms with Crippen molar-refractivity contribution in [3.05, 3.63) is 0 Å². The Balaban J connectivity index is 2.20. The lowest BCUT2D eigenvalue weighted by Crippen LogP contribution is -2.37. The molecular weight excluding hydrogens is 214 g/mol. The van der Waals surface area contributed by atoms with Crippen molar-refractivity contribution in [3.8, 4) is 0 Å².